The van der Waals surface area contributed by atoms with E-state index in [1.54, 1.807) is 4.90 Å². The van der Waals surface area contributed by atoms with Crippen molar-refractivity contribution in [1.29, 1.82) is 0 Å². The molecule has 0 radical (unpaired) electrons. The molecular formula is C19H34NO3+. The van der Waals surface area contributed by atoms with Crippen molar-refractivity contribution in [2.75, 3.05) is 27.5 Å². The van der Waals surface area contributed by atoms with Crippen LogP contribution >= 0.6 is 0 Å². The van der Waals surface area contributed by atoms with Gasteiger partial charge in [0.1, 0.15) is 6.79 Å². The maximum Gasteiger partial charge on any atom is 0.147 e. The molecule has 23 heavy (non-hydrogen) atoms. The number of nitrogens with one attached hydrogen (secondary N) is 1. The molecule has 4 rings (SSSR count). The van der Waals surface area contributed by atoms with Crippen molar-refractivity contribution in [3.63, 3.8) is 0 Å². The van der Waals surface area contributed by atoms with E-state index < -0.39 is 0 Å². The molecule has 6 unspecified atom stereocenters. The predicted molar refractivity (Wildman–Crippen MR) is 88.4 cm³/mol. The summed E-state index contributed by atoms with van der Waals surface area (Å²) in [7, 11) is 4.30. The third kappa shape index (κ3) is 3.33. The van der Waals surface area contributed by atoms with Crippen molar-refractivity contribution in [3.05, 3.63) is 0 Å². The van der Waals surface area contributed by atoms with Gasteiger partial charge in [-0.2, -0.15) is 0 Å². The molecule has 6 atom stereocenters. The van der Waals surface area contributed by atoms with Gasteiger partial charge in [-0.05, 0) is 56.8 Å². The van der Waals surface area contributed by atoms with E-state index >= 15 is 0 Å². The SMILES string of the molecule is COC1CCC(CC2C3CC4OCOC4CC3CC[NH+]2C)CC1. The summed E-state index contributed by atoms with van der Waals surface area (Å²) in [6, 6.07) is 0.836. The predicted octanol–water partition coefficient (Wildman–Crippen LogP) is 1.64. The average Bonchev–Trinajstić information content (AvgIpc) is 3.04. The lowest BCUT2D eigenvalue weighted by molar-refractivity contribution is -0.919. The number of hydrogen-bond acceptors (Lipinski definition) is 3. The molecule has 2 aliphatic heterocycles. The van der Waals surface area contributed by atoms with E-state index in [1.807, 2.05) is 7.11 Å². The Hall–Kier alpha value is -0.160. The normalized spacial score (nSPS) is 50.3. The molecular weight excluding hydrogens is 290 g/mol. The second-order valence-electron chi connectivity index (χ2n) is 8.53. The zero-order chi connectivity index (χ0) is 15.8. The summed E-state index contributed by atoms with van der Waals surface area (Å²) >= 11 is 0. The van der Waals surface area contributed by atoms with Gasteiger partial charge in [0.25, 0.3) is 0 Å². The highest BCUT2D eigenvalue weighted by Gasteiger charge is 2.49. The van der Waals surface area contributed by atoms with Gasteiger partial charge in [-0.15, -0.1) is 0 Å². The zero-order valence-electron chi connectivity index (χ0n) is 14.8. The van der Waals surface area contributed by atoms with Gasteiger partial charge in [-0.25, -0.2) is 0 Å². The van der Waals surface area contributed by atoms with Crippen molar-refractivity contribution in [2.24, 2.45) is 17.8 Å². The van der Waals surface area contributed by atoms with Crippen LogP contribution in [0.2, 0.25) is 0 Å². The first-order chi connectivity index (χ1) is 11.2. The van der Waals surface area contributed by atoms with Gasteiger partial charge >= 0.3 is 0 Å². The molecule has 0 aromatic heterocycles. The minimum Gasteiger partial charge on any atom is -0.381 e. The molecule has 4 nitrogen and oxygen atoms in total. The summed E-state index contributed by atoms with van der Waals surface area (Å²) in [5, 5.41) is 0. The van der Waals surface area contributed by atoms with Crippen LogP contribution in [-0.4, -0.2) is 51.8 Å². The van der Waals surface area contributed by atoms with Gasteiger partial charge in [-0.3, -0.25) is 0 Å². The lowest BCUT2D eigenvalue weighted by Crippen LogP contribution is -3.15. The standard InChI is InChI=1S/C19H33NO3/c1-20-8-7-14-10-18-19(23-12-22-18)11-16(14)17(20)9-13-3-5-15(21-2)6-4-13/h13-19H,3-12H2,1-2H3/p+1. The van der Waals surface area contributed by atoms with E-state index in [1.165, 1.54) is 57.9 Å². The Kier molecular flexibility index (Phi) is 4.96. The van der Waals surface area contributed by atoms with E-state index in [0.29, 0.717) is 25.1 Å². The van der Waals surface area contributed by atoms with Crippen LogP contribution in [0.1, 0.15) is 51.4 Å². The van der Waals surface area contributed by atoms with Crippen molar-refractivity contribution < 1.29 is 19.1 Å². The van der Waals surface area contributed by atoms with Crippen LogP contribution < -0.4 is 4.90 Å². The van der Waals surface area contributed by atoms with Crippen LogP contribution in [0.4, 0.5) is 0 Å². The molecule has 132 valence electrons. The Bertz CT molecular complexity index is 396. The summed E-state index contributed by atoms with van der Waals surface area (Å²) < 4.78 is 17.2. The second-order valence-corrected chi connectivity index (χ2v) is 8.53. The van der Waals surface area contributed by atoms with Crippen LogP contribution in [0.3, 0.4) is 0 Å². The summed E-state index contributed by atoms with van der Waals surface area (Å²) in [6.07, 6.45) is 11.9. The highest BCUT2D eigenvalue weighted by Crippen LogP contribution is 2.42. The molecule has 4 heteroatoms. The van der Waals surface area contributed by atoms with Gasteiger partial charge < -0.3 is 19.1 Å². The maximum atomic E-state index is 5.86. The van der Waals surface area contributed by atoms with Crippen LogP contribution in [0.15, 0.2) is 0 Å². The molecule has 0 spiro atoms. The number of piperidine rings is 1. The number of methoxy groups -OCH3 is 1. The molecule has 0 amide bonds. The van der Waals surface area contributed by atoms with E-state index in [0.717, 1.165) is 23.8 Å². The van der Waals surface area contributed by atoms with Gasteiger partial charge in [0.15, 0.2) is 0 Å². The lowest BCUT2D eigenvalue weighted by atomic mass is 9.66. The Morgan fingerprint density at radius 2 is 1.74 bits per heavy atom. The van der Waals surface area contributed by atoms with E-state index in [9.17, 15) is 0 Å². The first-order valence-corrected chi connectivity index (χ1v) is 9.83. The fourth-order valence-corrected chi connectivity index (χ4v) is 5.93. The molecule has 0 bridgehead atoms. The van der Waals surface area contributed by atoms with E-state index in [4.69, 9.17) is 14.2 Å². The van der Waals surface area contributed by atoms with Crippen molar-refractivity contribution in [1.82, 2.24) is 0 Å². The second kappa shape index (κ2) is 6.99. The van der Waals surface area contributed by atoms with Crippen molar-refractivity contribution in [3.8, 4) is 0 Å². The number of likely N-dealkylation sites (tertiary alicyclic amines) is 1. The van der Waals surface area contributed by atoms with Gasteiger partial charge in [0.05, 0.1) is 37.9 Å². The highest BCUT2D eigenvalue weighted by atomic mass is 16.7. The quantitative estimate of drug-likeness (QED) is 0.856. The number of rotatable bonds is 3. The molecule has 4 aliphatic rings. The smallest absolute Gasteiger partial charge is 0.147 e. The fourth-order valence-electron chi connectivity index (χ4n) is 5.93. The van der Waals surface area contributed by atoms with E-state index in [2.05, 4.69) is 7.05 Å². The third-order valence-electron chi connectivity index (χ3n) is 7.40. The highest BCUT2D eigenvalue weighted by molar-refractivity contribution is 4.94. The number of fused-ring (bicyclic) bond motifs is 2. The Labute approximate surface area is 140 Å². The maximum absolute atomic E-state index is 5.86. The monoisotopic (exact) mass is 324 g/mol. The minimum atomic E-state index is 0.383. The molecule has 0 aromatic carbocycles. The van der Waals surface area contributed by atoms with Gasteiger partial charge in [-0.1, -0.05) is 0 Å². The Morgan fingerprint density at radius 3 is 2.48 bits per heavy atom. The number of hydrogen-bond donors (Lipinski definition) is 1. The summed E-state index contributed by atoms with van der Waals surface area (Å²) in [5.41, 5.74) is 0. The number of ether oxygens (including phenoxy) is 3. The fraction of sp³-hybridized carbons (Fsp3) is 1.00. The van der Waals surface area contributed by atoms with Crippen LogP contribution in [-0.2, 0) is 14.2 Å². The summed E-state index contributed by atoms with van der Waals surface area (Å²) in [4.78, 5) is 1.78. The zero-order valence-corrected chi connectivity index (χ0v) is 14.8. The molecule has 2 saturated carbocycles. The van der Waals surface area contributed by atoms with Crippen LogP contribution in [0.25, 0.3) is 0 Å². The minimum absolute atomic E-state index is 0.383. The first-order valence-electron chi connectivity index (χ1n) is 9.83. The molecule has 2 saturated heterocycles. The Morgan fingerprint density at radius 1 is 1.00 bits per heavy atom. The molecule has 2 heterocycles. The average molecular weight is 324 g/mol. The molecule has 4 fully saturated rings. The third-order valence-corrected chi connectivity index (χ3v) is 7.40. The summed E-state index contributed by atoms with van der Waals surface area (Å²) in [5.74, 6) is 2.65. The largest absolute Gasteiger partial charge is 0.381 e. The Balaban J connectivity index is 1.39. The molecule has 2 aliphatic carbocycles. The van der Waals surface area contributed by atoms with Crippen molar-refractivity contribution in [2.45, 2.75) is 75.7 Å². The summed E-state index contributed by atoms with van der Waals surface area (Å²) in [6.45, 7) is 1.88. The van der Waals surface area contributed by atoms with Gasteiger partial charge in [0, 0.05) is 19.4 Å². The van der Waals surface area contributed by atoms with Crippen LogP contribution in [0, 0.1) is 17.8 Å². The molecule has 1 N–H and O–H groups in total. The van der Waals surface area contributed by atoms with Gasteiger partial charge in [0.2, 0.25) is 0 Å². The molecule has 0 aromatic rings. The van der Waals surface area contributed by atoms with Crippen molar-refractivity contribution >= 4 is 0 Å². The topological polar surface area (TPSA) is 32.1 Å². The van der Waals surface area contributed by atoms with Crippen LogP contribution in [0.5, 0.6) is 0 Å². The lowest BCUT2D eigenvalue weighted by Gasteiger charge is -2.47. The van der Waals surface area contributed by atoms with E-state index in [-0.39, 0.29) is 0 Å². The number of quaternary nitrogens is 1. The first kappa shape index (κ1) is 16.3.